The summed E-state index contributed by atoms with van der Waals surface area (Å²) < 4.78 is 5.25. The van der Waals surface area contributed by atoms with Gasteiger partial charge in [-0.15, -0.1) is 0 Å². The Morgan fingerprint density at radius 3 is 2.36 bits per heavy atom. The molecule has 0 spiro atoms. The van der Waals surface area contributed by atoms with Gasteiger partial charge in [0.1, 0.15) is 11.9 Å². The van der Waals surface area contributed by atoms with Crippen LogP contribution in [-0.2, 0) is 16.0 Å². The Kier molecular flexibility index (Phi) is 6.12. The molecule has 0 unspecified atom stereocenters. The van der Waals surface area contributed by atoms with E-state index in [1.807, 2.05) is 81.5 Å². The number of aldehydes is 1. The molecule has 0 aliphatic carbocycles. The highest BCUT2D eigenvalue weighted by Gasteiger charge is 2.16. The summed E-state index contributed by atoms with van der Waals surface area (Å²) in [6.45, 7) is 5.48. The maximum absolute atomic E-state index is 11.8. The summed E-state index contributed by atoms with van der Waals surface area (Å²) in [5.74, 6) is 0. The first-order valence-corrected chi connectivity index (χ1v) is 8.16. The molecule has 0 saturated carbocycles. The largest absolute Gasteiger partial charge is 0.444 e. The van der Waals surface area contributed by atoms with Gasteiger partial charge in [0.05, 0.1) is 0 Å². The number of nitrogens with one attached hydrogen (secondary N) is 1. The number of anilines is 1. The van der Waals surface area contributed by atoms with Gasteiger partial charge in [-0.2, -0.15) is 0 Å². The van der Waals surface area contributed by atoms with Gasteiger partial charge >= 0.3 is 6.09 Å². The molecular formula is C21H23NO3. The van der Waals surface area contributed by atoms with Crippen molar-refractivity contribution in [3.63, 3.8) is 0 Å². The Morgan fingerprint density at radius 1 is 1.04 bits per heavy atom. The normalized spacial score (nSPS) is 11.3. The Balaban J connectivity index is 2.03. The van der Waals surface area contributed by atoms with E-state index < -0.39 is 11.7 Å². The highest BCUT2D eigenvalue weighted by atomic mass is 16.6. The molecule has 0 aliphatic heterocycles. The molecule has 0 atom stereocenters. The Morgan fingerprint density at radius 2 is 1.72 bits per heavy atom. The van der Waals surface area contributed by atoms with Crippen LogP contribution in [0.5, 0.6) is 0 Å². The number of hydrogen-bond donors (Lipinski definition) is 1. The predicted octanol–water partition coefficient (Wildman–Crippen LogP) is 4.95. The molecule has 2 rings (SSSR count). The zero-order valence-corrected chi connectivity index (χ0v) is 14.8. The molecule has 130 valence electrons. The van der Waals surface area contributed by atoms with E-state index in [0.717, 1.165) is 23.0 Å². The molecule has 0 heterocycles. The van der Waals surface area contributed by atoms with E-state index in [4.69, 9.17) is 4.74 Å². The molecule has 0 fully saturated rings. The summed E-state index contributed by atoms with van der Waals surface area (Å²) in [7, 11) is 0. The van der Waals surface area contributed by atoms with E-state index in [1.54, 1.807) is 0 Å². The third-order valence-corrected chi connectivity index (χ3v) is 3.30. The maximum Gasteiger partial charge on any atom is 0.412 e. The van der Waals surface area contributed by atoms with Crippen LogP contribution in [0.25, 0.3) is 12.2 Å². The van der Waals surface area contributed by atoms with E-state index in [0.29, 0.717) is 12.1 Å². The van der Waals surface area contributed by atoms with Crippen LogP contribution in [0.1, 0.15) is 37.5 Å². The average molecular weight is 337 g/mol. The van der Waals surface area contributed by atoms with Crippen molar-refractivity contribution in [3.05, 3.63) is 65.2 Å². The topological polar surface area (TPSA) is 55.4 Å². The van der Waals surface area contributed by atoms with Crippen LogP contribution in [0.15, 0.2) is 48.5 Å². The number of amides is 1. The minimum absolute atomic E-state index is 0.433. The average Bonchev–Trinajstić information content (AvgIpc) is 2.53. The van der Waals surface area contributed by atoms with Crippen molar-refractivity contribution in [2.45, 2.75) is 32.8 Å². The summed E-state index contributed by atoms with van der Waals surface area (Å²) >= 11 is 0. The number of carbonyl (C=O) groups excluding carboxylic acids is 2. The molecule has 4 heteroatoms. The highest BCUT2D eigenvalue weighted by Crippen LogP contribution is 2.16. The Hall–Kier alpha value is -2.88. The monoisotopic (exact) mass is 337 g/mol. The zero-order valence-electron chi connectivity index (χ0n) is 14.8. The molecule has 4 nitrogen and oxygen atoms in total. The van der Waals surface area contributed by atoms with E-state index >= 15 is 0 Å². The first kappa shape index (κ1) is 18.5. The fourth-order valence-corrected chi connectivity index (χ4v) is 2.20. The molecule has 0 aromatic heterocycles. The van der Waals surface area contributed by atoms with Crippen LogP contribution in [0, 0.1) is 0 Å². The minimum atomic E-state index is -0.530. The van der Waals surface area contributed by atoms with Gasteiger partial charge in [0.25, 0.3) is 0 Å². The van der Waals surface area contributed by atoms with Gasteiger partial charge in [-0.1, -0.05) is 48.6 Å². The second kappa shape index (κ2) is 8.29. The fraction of sp³-hybridized carbons (Fsp3) is 0.238. The van der Waals surface area contributed by atoms with Crippen molar-refractivity contribution in [1.29, 1.82) is 0 Å². The first-order chi connectivity index (χ1) is 11.9. The predicted molar refractivity (Wildman–Crippen MR) is 101 cm³/mol. The fourth-order valence-electron chi connectivity index (χ4n) is 2.20. The van der Waals surface area contributed by atoms with Crippen LogP contribution in [-0.4, -0.2) is 18.0 Å². The number of carbonyl (C=O) groups is 2. The highest BCUT2D eigenvalue weighted by molar-refractivity contribution is 5.85. The molecule has 0 radical (unpaired) electrons. The van der Waals surface area contributed by atoms with Crippen LogP contribution in [0.4, 0.5) is 10.5 Å². The Labute approximate surface area is 148 Å². The minimum Gasteiger partial charge on any atom is -0.444 e. The van der Waals surface area contributed by atoms with Gasteiger partial charge in [0, 0.05) is 12.1 Å². The van der Waals surface area contributed by atoms with Crippen LogP contribution in [0.3, 0.4) is 0 Å². The smallest absolute Gasteiger partial charge is 0.412 e. The van der Waals surface area contributed by atoms with Crippen molar-refractivity contribution >= 4 is 30.2 Å². The lowest BCUT2D eigenvalue weighted by Gasteiger charge is -2.19. The van der Waals surface area contributed by atoms with Crippen LogP contribution in [0.2, 0.25) is 0 Å². The molecule has 1 amide bonds. The van der Waals surface area contributed by atoms with E-state index in [1.165, 1.54) is 0 Å². The van der Waals surface area contributed by atoms with Gasteiger partial charge in [-0.25, -0.2) is 4.79 Å². The van der Waals surface area contributed by atoms with Crippen molar-refractivity contribution in [2.24, 2.45) is 0 Å². The molecule has 1 N–H and O–H groups in total. The summed E-state index contributed by atoms with van der Waals surface area (Å²) in [4.78, 5) is 22.3. The van der Waals surface area contributed by atoms with Crippen molar-refractivity contribution in [1.82, 2.24) is 0 Å². The number of hydrogen-bond acceptors (Lipinski definition) is 3. The molecule has 0 aliphatic rings. The van der Waals surface area contributed by atoms with Crippen LogP contribution < -0.4 is 5.32 Å². The number of ether oxygens (including phenoxy) is 1. The van der Waals surface area contributed by atoms with Crippen molar-refractivity contribution in [2.75, 3.05) is 5.32 Å². The lowest BCUT2D eigenvalue weighted by atomic mass is 10.1. The lowest BCUT2D eigenvalue weighted by molar-refractivity contribution is -0.107. The molecule has 2 aromatic carbocycles. The maximum atomic E-state index is 11.8. The number of benzene rings is 2. The molecule has 2 aromatic rings. The van der Waals surface area contributed by atoms with Gasteiger partial charge in [-0.3, -0.25) is 5.32 Å². The van der Waals surface area contributed by atoms with E-state index in [2.05, 4.69) is 5.32 Å². The third-order valence-electron chi connectivity index (χ3n) is 3.30. The van der Waals surface area contributed by atoms with Gasteiger partial charge in [0.2, 0.25) is 0 Å². The SMILES string of the molecule is CC(C)(C)OC(=O)Nc1cccc(/C=C/c2ccc(CC=O)cc2)c1. The number of rotatable bonds is 5. The summed E-state index contributed by atoms with van der Waals surface area (Å²) in [5.41, 5.74) is 3.15. The lowest BCUT2D eigenvalue weighted by Crippen LogP contribution is -2.27. The summed E-state index contributed by atoms with van der Waals surface area (Å²) in [5, 5.41) is 2.73. The van der Waals surface area contributed by atoms with Gasteiger partial charge in [0.15, 0.2) is 0 Å². The quantitative estimate of drug-likeness (QED) is 0.621. The van der Waals surface area contributed by atoms with Gasteiger partial charge in [-0.05, 0) is 49.6 Å². The van der Waals surface area contributed by atoms with Crippen molar-refractivity contribution in [3.8, 4) is 0 Å². The van der Waals surface area contributed by atoms with Gasteiger partial charge < -0.3 is 9.53 Å². The standard InChI is InChI=1S/C21H23NO3/c1-21(2,3)25-20(24)22-19-6-4-5-18(15-19)12-11-16-7-9-17(10-8-16)13-14-23/h4-12,14-15H,13H2,1-3H3,(H,22,24)/b12-11+. The first-order valence-electron chi connectivity index (χ1n) is 8.16. The molecule has 0 saturated heterocycles. The van der Waals surface area contributed by atoms with E-state index in [9.17, 15) is 9.59 Å². The van der Waals surface area contributed by atoms with Crippen LogP contribution >= 0.6 is 0 Å². The zero-order chi connectivity index (χ0) is 18.3. The third kappa shape index (κ3) is 6.63. The molecule has 0 bridgehead atoms. The molecular weight excluding hydrogens is 314 g/mol. The van der Waals surface area contributed by atoms with Crippen molar-refractivity contribution < 1.29 is 14.3 Å². The second-order valence-electron chi connectivity index (χ2n) is 6.70. The second-order valence-corrected chi connectivity index (χ2v) is 6.70. The molecule has 25 heavy (non-hydrogen) atoms. The summed E-state index contributed by atoms with van der Waals surface area (Å²) in [6, 6.07) is 15.3. The van der Waals surface area contributed by atoms with E-state index in [-0.39, 0.29) is 0 Å². The Bertz CT molecular complexity index is 755. The summed E-state index contributed by atoms with van der Waals surface area (Å²) in [6.07, 6.45) is 4.81.